The van der Waals surface area contributed by atoms with E-state index >= 15 is 0 Å². The predicted molar refractivity (Wildman–Crippen MR) is 134 cm³/mol. The molecule has 2 aromatic rings. The van der Waals surface area contributed by atoms with Gasteiger partial charge < -0.3 is 15.3 Å². The first-order valence-corrected chi connectivity index (χ1v) is 12.4. The molecule has 2 aliphatic carbocycles. The number of rotatable bonds is 5. The lowest BCUT2D eigenvalue weighted by Gasteiger charge is -2.52. The average Bonchev–Trinajstić information content (AvgIpc) is 2.86. The highest BCUT2D eigenvalue weighted by Gasteiger charge is 2.50. The van der Waals surface area contributed by atoms with Gasteiger partial charge in [0.15, 0.2) is 12.6 Å². The third kappa shape index (κ3) is 4.22. The minimum absolute atomic E-state index is 0.00397. The molecule has 2 aromatic carbocycles. The van der Waals surface area contributed by atoms with Gasteiger partial charge in [-0.05, 0) is 54.1 Å². The van der Waals surface area contributed by atoms with E-state index in [1.807, 2.05) is 30.3 Å². The van der Waals surface area contributed by atoms with Crippen molar-refractivity contribution in [3.05, 3.63) is 70.7 Å². The zero-order valence-corrected chi connectivity index (χ0v) is 20.7. The van der Waals surface area contributed by atoms with Crippen molar-refractivity contribution in [2.45, 2.75) is 58.8 Å². The summed E-state index contributed by atoms with van der Waals surface area (Å²) in [6.45, 7) is 11.2. The van der Waals surface area contributed by atoms with Crippen LogP contribution < -0.4 is 5.11 Å². The molecule has 2 aliphatic rings. The fraction of sp³-hybridized carbons (Fsp3) is 0.433. The van der Waals surface area contributed by atoms with E-state index in [1.165, 1.54) is 11.5 Å². The van der Waals surface area contributed by atoms with Crippen LogP contribution in [0, 0.1) is 29.1 Å². The van der Waals surface area contributed by atoms with Gasteiger partial charge in [0.05, 0.1) is 30.7 Å². The van der Waals surface area contributed by atoms with Crippen LogP contribution in [0.25, 0.3) is 0 Å². The first-order valence-electron chi connectivity index (χ1n) is 12.4. The molecular weight excluding hydrogens is 440 g/mol. The molecule has 35 heavy (non-hydrogen) atoms. The number of phenols is 2. The Bertz CT molecular complexity index is 1100. The Labute approximate surface area is 207 Å². The molecule has 0 spiro atoms. The van der Waals surface area contributed by atoms with E-state index in [9.17, 15) is 24.9 Å². The molecule has 0 saturated heterocycles. The molecule has 2 fully saturated rings. The van der Waals surface area contributed by atoms with Crippen molar-refractivity contribution in [1.82, 2.24) is 0 Å². The number of benzene rings is 2. The summed E-state index contributed by atoms with van der Waals surface area (Å²) in [7, 11) is 0. The fourth-order valence-electron chi connectivity index (χ4n) is 6.59. The molecule has 0 aliphatic heterocycles. The first-order chi connectivity index (χ1) is 16.6. The van der Waals surface area contributed by atoms with E-state index in [4.69, 9.17) is 0 Å². The smallest absolute Gasteiger partial charge is 0.157 e. The largest absolute Gasteiger partial charge is 0.872 e. The van der Waals surface area contributed by atoms with Crippen molar-refractivity contribution >= 4 is 12.6 Å². The molecule has 0 radical (unpaired) electrons. The van der Waals surface area contributed by atoms with Gasteiger partial charge in [0, 0.05) is 5.56 Å². The molecule has 0 aromatic heterocycles. The van der Waals surface area contributed by atoms with Crippen molar-refractivity contribution in [3.8, 4) is 17.2 Å². The Morgan fingerprint density at radius 1 is 1.09 bits per heavy atom. The van der Waals surface area contributed by atoms with Crippen molar-refractivity contribution in [2.75, 3.05) is 0 Å². The molecule has 2 saturated carbocycles. The molecule has 0 unspecified atom stereocenters. The molecular formula is C30H34O5. The summed E-state index contributed by atoms with van der Waals surface area (Å²) in [5.41, 5.74) is 1.41. The topological polar surface area (TPSA) is 97.7 Å². The highest BCUT2D eigenvalue weighted by atomic mass is 16.3. The lowest BCUT2D eigenvalue weighted by molar-refractivity contribution is -0.270. The SMILES string of the molecule is C=C1CC[C@@H]([C@H](c2ccccc2)c2c([O-])c(C=O)c(O)c(C=O)c2O)[C+](C)CC[C@@H]2[C@@H]1CC2(C)C. The number of aromatic hydroxyl groups is 2. The quantitative estimate of drug-likeness (QED) is 0.318. The van der Waals surface area contributed by atoms with E-state index < -0.39 is 34.3 Å². The van der Waals surface area contributed by atoms with Crippen molar-refractivity contribution < 1.29 is 24.9 Å². The normalized spacial score (nSPS) is 24.8. The van der Waals surface area contributed by atoms with E-state index in [0.29, 0.717) is 18.1 Å². The van der Waals surface area contributed by atoms with E-state index in [-0.39, 0.29) is 23.2 Å². The maximum absolute atomic E-state index is 13.5. The van der Waals surface area contributed by atoms with E-state index in [1.54, 1.807) is 0 Å². The van der Waals surface area contributed by atoms with Gasteiger partial charge in [0.2, 0.25) is 0 Å². The van der Waals surface area contributed by atoms with Crippen LogP contribution in [-0.4, -0.2) is 22.8 Å². The van der Waals surface area contributed by atoms with Gasteiger partial charge >= 0.3 is 0 Å². The van der Waals surface area contributed by atoms with Gasteiger partial charge in [-0.2, -0.15) is 0 Å². The number of phenolic OH excluding ortho intramolecular Hbond substituents is 2. The van der Waals surface area contributed by atoms with Crippen LogP contribution in [-0.2, 0) is 0 Å². The molecule has 4 atom stereocenters. The van der Waals surface area contributed by atoms with Gasteiger partial charge in [-0.1, -0.05) is 62.1 Å². The predicted octanol–water partition coefficient (Wildman–Crippen LogP) is 5.93. The maximum Gasteiger partial charge on any atom is 0.157 e. The van der Waals surface area contributed by atoms with E-state index in [2.05, 4.69) is 27.4 Å². The van der Waals surface area contributed by atoms with Gasteiger partial charge in [0.25, 0.3) is 0 Å². The Balaban J connectivity index is 1.87. The fourth-order valence-corrected chi connectivity index (χ4v) is 6.59. The van der Waals surface area contributed by atoms with Crippen LogP contribution in [0.4, 0.5) is 0 Å². The molecule has 5 nitrogen and oxygen atoms in total. The summed E-state index contributed by atoms with van der Waals surface area (Å²) in [5, 5.41) is 34.9. The Morgan fingerprint density at radius 2 is 1.74 bits per heavy atom. The van der Waals surface area contributed by atoms with Crippen LogP contribution in [0.1, 0.15) is 90.6 Å². The average molecular weight is 475 g/mol. The second-order valence-electron chi connectivity index (χ2n) is 11.0. The number of fused-ring (bicyclic) bond motifs is 1. The van der Waals surface area contributed by atoms with Crippen molar-refractivity contribution in [2.24, 2.45) is 23.2 Å². The molecule has 0 bridgehead atoms. The molecule has 0 heterocycles. The van der Waals surface area contributed by atoms with Gasteiger partial charge in [-0.3, -0.25) is 9.59 Å². The zero-order valence-electron chi connectivity index (χ0n) is 20.7. The molecule has 5 heteroatoms. The van der Waals surface area contributed by atoms with Gasteiger partial charge in [0.1, 0.15) is 17.4 Å². The third-order valence-corrected chi connectivity index (χ3v) is 8.64. The lowest BCUT2D eigenvalue weighted by Crippen LogP contribution is -2.44. The summed E-state index contributed by atoms with van der Waals surface area (Å²) in [5.74, 6) is -0.434. The van der Waals surface area contributed by atoms with Crippen LogP contribution in [0.2, 0.25) is 0 Å². The van der Waals surface area contributed by atoms with E-state index in [0.717, 1.165) is 37.7 Å². The molecule has 0 amide bonds. The standard InChI is InChI=1S/C30H34O5/c1-17-11-13-24-21(14-30(24,3)4)18(2)10-12-20(17)25(19-8-6-5-7-9-19)26-28(34)22(15-31)27(33)23(16-32)29(26)35/h5-9,15-16,20-21,24-25H,2,10-14H2,1,3-4H3,(H2-,31,32,33,34,35)/t20-,21-,24-,25+/m1/s1. The minimum atomic E-state index is -0.768. The number of allylic oxidation sites excluding steroid dienone is 1. The Kier molecular flexibility index (Phi) is 6.72. The van der Waals surface area contributed by atoms with Gasteiger partial charge in [-0.25, -0.2) is 0 Å². The third-order valence-electron chi connectivity index (χ3n) is 8.64. The zero-order chi connectivity index (χ0) is 25.5. The van der Waals surface area contributed by atoms with Crippen LogP contribution in [0.5, 0.6) is 17.2 Å². The molecule has 2 N–H and O–H groups in total. The monoisotopic (exact) mass is 474 g/mol. The summed E-state index contributed by atoms with van der Waals surface area (Å²) in [4.78, 5) is 23.5. The summed E-state index contributed by atoms with van der Waals surface area (Å²) in [6.07, 6.45) is 5.15. The summed E-state index contributed by atoms with van der Waals surface area (Å²) < 4.78 is 0. The van der Waals surface area contributed by atoms with Crippen molar-refractivity contribution in [1.29, 1.82) is 0 Å². The second-order valence-corrected chi connectivity index (χ2v) is 11.0. The first kappa shape index (κ1) is 24.9. The highest BCUT2D eigenvalue weighted by Crippen LogP contribution is 2.59. The van der Waals surface area contributed by atoms with Crippen LogP contribution in [0.15, 0.2) is 42.5 Å². The number of carbonyl (C=O) groups excluding carboxylic acids is 2. The van der Waals surface area contributed by atoms with Crippen LogP contribution >= 0.6 is 0 Å². The highest BCUT2D eigenvalue weighted by molar-refractivity contribution is 5.95. The number of carbonyl (C=O) groups is 2. The number of hydrogen-bond donors (Lipinski definition) is 2. The van der Waals surface area contributed by atoms with Crippen LogP contribution in [0.3, 0.4) is 0 Å². The number of hydrogen-bond acceptors (Lipinski definition) is 5. The molecule has 184 valence electrons. The minimum Gasteiger partial charge on any atom is -0.872 e. The Hall–Kier alpha value is -3.21. The number of aldehydes is 2. The maximum atomic E-state index is 13.5. The van der Waals surface area contributed by atoms with Crippen molar-refractivity contribution in [3.63, 3.8) is 0 Å². The second kappa shape index (κ2) is 9.44. The Morgan fingerprint density at radius 3 is 2.34 bits per heavy atom. The summed E-state index contributed by atoms with van der Waals surface area (Å²) >= 11 is 0. The lowest BCUT2D eigenvalue weighted by atomic mass is 9.52. The summed E-state index contributed by atoms with van der Waals surface area (Å²) in [6, 6.07) is 9.43. The van der Waals surface area contributed by atoms with Gasteiger partial charge in [-0.15, -0.1) is 0 Å². The molecule has 4 rings (SSSR count).